The van der Waals surface area contributed by atoms with E-state index in [1.807, 2.05) is 12.1 Å². The molecule has 0 unspecified atom stereocenters. The summed E-state index contributed by atoms with van der Waals surface area (Å²) in [6.07, 6.45) is 6.89. The first-order valence-electron chi connectivity index (χ1n) is 4.05. The minimum atomic E-state index is 0.678. The van der Waals surface area contributed by atoms with E-state index in [2.05, 4.69) is 17.7 Å². The Morgan fingerprint density at radius 1 is 1.67 bits per heavy atom. The van der Waals surface area contributed by atoms with Crippen molar-refractivity contribution in [3.63, 3.8) is 0 Å². The summed E-state index contributed by atoms with van der Waals surface area (Å²) >= 11 is 0. The first-order valence-corrected chi connectivity index (χ1v) is 4.05. The van der Waals surface area contributed by atoms with Gasteiger partial charge in [-0.05, 0) is 18.7 Å². The average Bonchev–Trinajstić information content (AvgIpc) is 2.56. The molecule has 0 aliphatic rings. The molecule has 0 aliphatic heterocycles. The van der Waals surface area contributed by atoms with Gasteiger partial charge >= 0.3 is 0 Å². The van der Waals surface area contributed by atoms with E-state index in [4.69, 9.17) is 10.8 Å². The van der Waals surface area contributed by atoms with E-state index < -0.39 is 0 Å². The molecule has 0 bridgehead atoms. The third-order valence-corrected chi connectivity index (χ3v) is 1.72. The summed E-state index contributed by atoms with van der Waals surface area (Å²) < 4.78 is 5.20. The Hall–Kier alpha value is -1.20. The van der Waals surface area contributed by atoms with Crippen molar-refractivity contribution in [3.05, 3.63) is 24.2 Å². The molecule has 0 saturated carbocycles. The van der Waals surface area contributed by atoms with Crippen molar-refractivity contribution in [2.75, 3.05) is 13.1 Å². The van der Waals surface area contributed by atoms with Crippen LogP contribution in [-0.4, -0.2) is 18.0 Å². The summed E-state index contributed by atoms with van der Waals surface area (Å²) in [5, 5.41) is 0. The van der Waals surface area contributed by atoms with Crippen LogP contribution in [0.15, 0.2) is 22.8 Å². The van der Waals surface area contributed by atoms with Crippen LogP contribution in [0.5, 0.6) is 0 Å². The van der Waals surface area contributed by atoms with Gasteiger partial charge in [-0.3, -0.25) is 4.90 Å². The van der Waals surface area contributed by atoms with Gasteiger partial charge in [-0.25, -0.2) is 0 Å². The van der Waals surface area contributed by atoms with E-state index in [0.717, 1.165) is 18.8 Å². The number of hydrogen-bond donors (Lipinski definition) is 0. The SMILES string of the molecule is C#CCN(CC)Cc1ccco1. The lowest BCUT2D eigenvalue weighted by Gasteiger charge is -2.14. The molecule has 0 N–H and O–H groups in total. The second-order valence-corrected chi connectivity index (χ2v) is 2.59. The van der Waals surface area contributed by atoms with Crippen molar-refractivity contribution in [2.24, 2.45) is 0 Å². The van der Waals surface area contributed by atoms with Crippen molar-refractivity contribution in [1.82, 2.24) is 4.90 Å². The normalized spacial score (nSPS) is 10.1. The van der Waals surface area contributed by atoms with Crippen LogP contribution in [0, 0.1) is 12.3 Å². The molecule has 1 aromatic rings. The Kier molecular flexibility index (Phi) is 3.43. The first-order chi connectivity index (χ1) is 5.86. The highest BCUT2D eigenvalue weighted by Gasteiger charge is 2.02. The van der Waals surface area contributed by atoms with Gasteiger partial charge in [-0.15, -0.1) is 6.42 Å². The number of nitrogens with zero attached hydrogens (tertiary/aromatic N) is 1. The van der Waals surface area contributed by atoms with Crippen LogP contribution in [0.3, 0.4) is 0 Å². The molecule has 64 valence electrons. The molecular formula is C10H13NO. The fraction of sp³-hybridized carbons (Fsp3) is 0.400. The third kappa shape index (κ3) is 2.44. The van der Waals surface area contributed by atoms with Gasteiger partial charge in [0.1, 0.15) is 5.76 Å². The lowest BCUT2D eigenvalue weighted by molar-refractivity contribution is 0.285. The minimum Gasteiger partial charge on any atom is -0.468 e. The Labute approximate surface area is 73.2 Å². The second-order valence-electron chi connectivity index (χ2n) is 2.59. The van der Waals surface area contributed by atoms with Gasteiger partial charge in [0.15, 0.2) is 0 Å². The average molecular weight is 163 g/mol. The molecule has 1 heterocycles. The van der Waals surface area contributed by atoms with E-state index in [0.29, 0.717) is 6.54 Å². The van der Waals surface area contributed by atoms with Crippen molar-refractivity contribution in [3.8, 4) is 12.3 Å². The predicted molar refractivity (Wildman–Crippen MR) is 48.5 cm³/mol. The molecule has 2 nitrogen and oxygen atoms in total. The van der Waals surface area contributed by atoms with Crippen molar-refractivity contribution in [2.45, 2.75) is 13.5 Å². The number of rotatable bonds is 4. The molecule has 0 aromatic carbocycles. The van der Waals surface area contributed by atoms with Gasteiger partial charge in [0.05, 0.1) is 19.4 Å². The Morgan fingerprint density at radius 3 is 3.00 bits per heavy atom. The maximum Gasteiger partial charge on any atom is 0.117 e. The molecule has 0 fully saturated rings. The Bertz CT molecular complexity index is 245. The highest BCUT2D eigenvalue weighted by Crippen LogP contribution is 2.03. The van der Waals surface area contributed by atoms with Crippen molar-refractivity contribution in [1.29, 1.82) is 0 Å². The standard InChI is InChI=1S/C10H13NO/c1-3-7-11(4-2)9-10-6-5-8-12-10/h1,5-6,8H,4,7,9H2,2H3. The quantitative estimate of drug-likeness (QED) is 0.628. The van der Waals surface area contributed by atoms with Crippen molar-refractivity contribution < 1.29 is 4.42 Å². The monoisotopic (exact) mass is 163 g/mol. The maximum atomic E-state index is 5.21. The zero-order valence-electron chi connectivity index (χ0n) is 7.29. The van der Waals surface area contributed by atoms with E-state index in [1.54, 1.807) is 6.26 Å². The lowest BCUT2D eigenvalue weighted by Crippen LogP contribution is -2.22. The van der Waals surface area contributed by atoms with Crippen LogP contribution in [-0.2, 0) is 6.54 Å². The van der Waals surface area contributed by atoms with Gasteiger partial charge in [0.25, 0.3) is 0 Å². The summed E-state index contributed by atoms with van der Waals surface area (Å²) in [6.45, 7) is 4.51. The van der Waals surface area contributed by atoms with Crippen molar-refractivity contribution >= 4 is 0 Å². The molecule has 0 radical (unpaired) electrons. The molecular weight excluding hydrogens is 150 g/mol. The van der Waals surface area contributed by atoms with Gasteiger partial charge in [0, 0.05) is 0 Å². The second kappa shape index (κ2) is 4.63. The van der Waals surface area contributed by atoms with Crippen LogP contribution in [0.1, 0.15) is 12.7 Å². The van der Waals surface area contributed by atoms with Gasteiger partial charge < -0.3 is 4.42 Å². The highest BCUT2D eigenvalue weighted by atomic mass is 16.3. The van der Waals surface area contributed by atoms with Crippen LogP contribution < -0.4 is 0 Å². The molecule has 0 spiro atoms. The summed E-state index contributed by atoms with van der Waals surface area (Å²) in [4.78, 5) is 2.14. The van der Waals surface area contributed by atoms with E-state index in [1.165, 1.54) is 0 Å². The zero-order chi connectivity index (χ0) is 8.81. The minimum absolute atomic E-state index is 0.678. The van der Waals surface area contributed by atoms with E-state index >= 15 is 0 Å². The molecule has 0 amide bonds. The largest absolute Gasteiger partial charge is 0.468 e. The zero-order valence-corrected chi connectivity index (χ0v) is 7.29. The van der Waals surface area contributed by atoms with E-state index in [-0.39, 0.29) is 0 Å². The van der Waals surface area contributed by atoms with Gasteiger partial charge in [-0.1, -0.05) is 12.8 Å². The number of terminal acetylenes is 1. The smallest absolute Gasteiger partial charge is 0.117 e. The van der Waals surface area contributed by atoms with Crippen LogP contribution in [0.4, 0.5) is 0 Å². The number of hydrogen-bond acceptors (Lipinski definition) is 2. The first kappa shape index (κ1) is 8.89. The van der Waals surface area contributed by atoms with Gasteiger partial charge in [-0.2, -0.15) is 0 Å². The third-order valence-electron chi connectivity index (χ3n) is 1.72. The van der Waals surface area contributed by atoms with Gasteiger partial charge in [0.2, 0.25) is 0 Å². The predicted octanol–water partition coefficient (Wildman–Crippen LogP) is 1.73. The Balaban J connectivity index is 2.44. The Morgan fingerprint density at radius 2 is 2.50 bits per heavy atom. The molecule has 2 heteroatoms. The summed E-state index contributed by atoms with van der Waals surface area (Å²) in [5.41, 5.74) is 0. The van der Waals surface area contributed by atoms with E-state index in [9.17, 15) is 0 Å². The van der Waals surface area contributed by atoms with Crippen LogP contribution in [0.2, 0.25) is 0 Å². The molecule has 1 aromatic heterocycles. The molecule has 12 heavy (non-hydrogen) atoms. The highest BCUT2D eigenvalue weighted by molar-refractivity contribution is 4.99. The van der Waals surface area contributed by atoms with Crippen LogP contribution in [0.25, 0.3) is 0 Å². The van der Waals surface area contributed by atoms with Crippen LogP contribution >= 0.6 is 0 Å². The summed E-state index contributed by atoms with van der Waals surface area (Å²) in [7, 11) is 0. The summed E-state index contributed by atoms with van der Waals surface area (Å²) in [6, 6.07) is 3.85. The molecule has 0 atom stereocenters. The molecule has 0 aliphatic carbocycles. The lowest BCUT2D eigenvalue weighted by atomic mass is 10.4. The fourth-order valence-corrected chi connectivity index (χ4v) is 1.03. The molecule has 1 rings (SSSR count). The topological polar surface area (TPSA) is 16.4 Å². The maximum absolute atomic E-state index is 5.21. The fourth-order valence-electron chi connectivity index (χ4n) is 1.03. The molecule has 0 saturated heterocycles. The number of furan rings is 1. The summed E-state index contributed by atoms with van der Waals surface area (Å²) in [5.74, 6) is 3.58.